The van der Waals surface area contributed by atoms with E-state index >= 15 is 0 Å². The molecular weight excluding hydrogens is 230 g/mol. The summed E-state index contributed by atoms with van der Waals surface area (Å²) in [4.78, 5) is 13.4. The van der Waals surface area contributed by atoms with Gasteiger partial charge in [-0.2, -0.15) is 0 Å². The molecule has 1 aliphatic rings. The number of benzene rings is 1. The normalized spacial score (nSPS) is 18.5. The Balaban J connectivity index is 2.14. The molecule has 18 heavy (non-hydrogen) atoms. The van der Waals surface area contributed by atoms with Crippen LogP contribution in [0.2, 0.25) is 0 Å². The summed E-state index contributed by atoms with van der Waals surface area (Å²) in [6.45, 7) is 2.14. The molecule has 2 rings (SSSR count). The number of carboxylic acids is 1. The summed E-state index contributed by atoms with van der Waals surface area (Å²) in [5.41, 5.74) is 2.31. The maximum absolute atomic E-state index is 11.2. The molecule has 1 aromatic rings. The standard InChI is InChI=1S/C14H19NO3/c1-18-8-4-7-15-10-12(14(16)17)9-11-5-2-3-6-13(11)15/h2-3,5-6,12H,4,7-10H2,1H3,(H,16,17). The number of rotatable bonds is 5. The van der Waals surface area contributed by atoms with Crippen molar-refractivity contribution in [2.45, 2.75) is 12.8 Å². The van der Waals surface area contributed by atoms with Crippen LogP contribution >= 0.6 is 0 Å². The smallest absolute Gasteiger partial charge is 0.308 e. The lowest BCUT2D eigenvalue weighted by atomic mass is 9.92. The van der Waals surface area contributed by atoms with Gasteiger partial charge in [-0.15, -0.1) is 0 Å². The molecule has 0 aromatic heterocycles. The van der Waals surface area contributed by atoms with Gasteiger partial charge in [-0.3, -0.25) is 4.79 Å². The van der Waals surface area contributed by atoms with Crippen LogP contribution in [-0.4, -0.2) is 37.9 Å². The van der Waals surface area contributed by atoms with E-state index in [4.69, 9.17) is 4.74 Å². The fourth-order valence-corrected chi connectivity index (χ4v) is 2.46. The van der Waals surface area contributed by atoms with Crippen molar-refractivity contribution in [2.75, 3.05) is 31.7 Å². The van der Waals surface area contributed by atoms with Gasteiger partial charge in [0.15, 0.2) is 0 Å². The molecule has 0 radical (unpaired) electrons. The number of hydrogen-bond donors (Lipinski definition) is 1. The summed E-state index contributed by atoms with van der Waals surface area (Å²) in [6.07, 6.45) is 1.55. The van der Waals surface area contributed by atoms with Crippen LogP contribution < -0.4 is 4.90 Å². The number of carbonyl (C=O) groups is 1. The van der Waals surface area contributed by atoms with Crippen LogP contribution in [0.15, 0.2) is 24.3 Å². The number of para-hydroxylation sites is 1. The lowest BCUT2D eigenvalue weighted by molar-refractivity contribution is -0.141. The van der Waals surface area contributed by atoms with Crippen molar-refractivity contribution < 1.29 is 14.6 Å². The molecule has 1 heterocycles. The van der Waals surface area contributed by atoms with E-state index in [1.54, 1.807) is 7.11 Å². The van der Waals surface area contributed by atoms with Crippen LogP contribution in [0.5, 0.6) is 0 Å². The first kappa shape index (κ1) is 12.9. The monoisotopic (exact) mass is 249 g/mol. The van der Waals surface area contributed by atoms with Gasteiger partial charge in [0.2, 0.25) is 0 Å². The Kier molecular flexibility index (Phi) is 4.20. The average Bonchev–Trinajstić information content (AvgIpc) is 2.38. The minimum absolute atomic E-state index is 0.303. The molecule has 0 fully saturated rings. The van der Waals surface area contributed by atoms with Gasteiger partial charge in [-0.1, -0.05) is 18.2 Å². The largest absolute Gasteiger partial charge is 0.481 e. The summed E-state index contributed by atoms with van der Waals surface area (Å²) < 4.78 is 5.05. The van der Waals surface area contributed by atoms with Gasteiger partial charge in [0.1, 0.15) is 0 Å². The highest BCUT2D eigenvalue weighted by Gasteiger charge is 2.28. The van der Waals surface area contributed by atoms with Crippen molar-refractivity contribution in [3.05, 3.63) is 29.8 Å². The zero-order chi connectivity index (χ0) is 13.0. The predicted molar refractivity (Wildman–Crippen MR) is 70.0 cm³/mol. The molecule has 4 heteroatoms. The molecule has 4 nitrogen and oxygen atoms in total. The second-order valence-corrected chi connectivity index (χ2v) is 4.66. The Bertz CT molecular complexity index is 419. The molecule has 1 aromatic carbocycles. The third-order valence-electron chi connectivity index (χ3n) is 3.37. The number of nitrogens with zero attached hydrogens (tertiary/aromatic N) is 1. The van der Waals surface area contributed by atoms with E-state index in [2.05, 4.69) is 11.0 Å². The molecule has 0 spiro atoms. The molecule has 1 N–H and O–H groups in total. The van der Waals surface area contributed by atoms with Crippen molar-refractivity contribution in [1.29, 1.82) is 0 Å². The van der Waals surface area contributed by atoms with Crippen LogP contribution in [0.25, 0.3) is 0 Å². The highest BCUT2D eigenvalue weighted by Crippen LogP contribution is 2.29. The second-order valence-electron chi connectivity index (χ2n) is 4.66. The van der Waals surface area contributed by atoms with E-state index in [1.807, 2.05) is 18.2 Å². The highest BCUT2D eigenvalue weighted by molar-refractivity contribution is 5.73. The fraction of sp³-hybridized carbons (Fsp3) is 0.500. The molecule has 0 saturated carbocycles. The van der Waals surface area contributed by atoms with Gasteiger partial charge in [0, 0.05) is 32.5 Å². The van der Waals surface area contributed by atoms with Gasteiger partial charge in [0.05, 0.1) is 5.92 Å². The first-order chi connectivity index (χ1) is 8.72. The van der Waals surface area contributed by atoms with Crippen molar-refractivity contribution in [3.8, 4) is 0 Å². The number of ether oxygens (including phenoxy) is 1. The van der Waals surface area contributed by atoms with Gasteiger partial charge in [0.25, 0.3) is 0 Å². The quantitative estimate of drug-likeness (QED) is 0.808. The number of carboxylic acid groups (broad SMARTS) is 1. The van der Waals surface area contributed by atoms with E-state index in [0.717, 1.165) is 18.5 Å². The molecule has 0 saturated heterocycles. The minimum Gasteiger partial charge on any atom is -0.481 e. The highest BCUT2D eigenvalue weighted by atomic mass is 16.5. The summed E-state index contributed by atoms with van der Waals surface area (Å²) in [7, 11) is 1.68. The van der Waals surface area contributed by atoms with Gasteiger partial charge >= 0.3 is 5.97 Å². The maximum atomic E-state index is 11.2. The van der Waals surface area contributed by atoms with Crippen LogP contribution in [-0.2, 0) is 16.0 Å². The summed E-state index contributed by atoms with van der Waals surface area (Å²) in [5, 5.41) is 9.20. The van der Waals surface area contributed by atoms with Crippen molar-refractivity contribution in [3.63, 3.8) is 0 Å². The molecular formula is C14H19NO3. The van der Waals surface area contributed by atoms with E-state index < -0.39 is 5.97 Å². The molecule has 0 amide bonds. The zero-order valence-corrected chi connectivity index (χ0v) is 10.6. The lowest BCUT2D eigenvalue weighted by Gasteiger charge is -2.34. The van der Waals surface area contributed by atoms with Gasteiger partial charge < -0.3 is 14.7 Å². The summed E-state index contributed by atoms with van der Waals surface area (Å²) >= 11 is 0. The summed E-state index contributed by atoms with van der Waals surface area (Å²) in [5.74, 6) is -1.01. The van der Waals surface area contributed by atoms with Crippen LogP contribution in [0.1, 0.15) is 12.0 Å². The number of aliphatic carboxylic acids is 1. The van der Waals surface area contributed by atoms with Crippen LogP contribution in [0, 0.1) is 5.92 Å². The third-order valence-corrected chi connectivity index (χ3v) is 3.37. The van der Waals surface area contributed by atoms with Crippen molar-refractivity contribution in [1.82, 2.24) is 0 Å². The lowest BCUT2D eigenvalue weighted by Crippen LogP contribution is -2.39. The number of methoxy groups -OCH3 is 1. The van der Waals surface area contributed by atoms with Crippen molar-refractivity contribution >= 4 is 11.7 Å². The average molecular weight is 249 g/mol. The fourth-order valence-electron chi connectivity index (χ4n) is 2.46. The molecule has 0 aliphatic carbocycles. The van der Waals surface area contributed by atoms with E-state index in [-0.39, 0.29) is 5.92 Å². The molecule has 98 valence electrons. The number of hydrogen-bond acceptors (Lipinski definition) is 3. The van der Waals surface area contributed by atoms with E-state index in [9.17, 15) is 9.90 Å². The minimum atomic E-state index is -0.707. The molecule has 0 bridgehead atoms. The Labute approximate surface area is 107 Å². The second kappa shape index (κ2) is 5.87. The molecule has 1 atom stereocenters. The SMILES string of the molecule is COCCCN1CC(C(=O)O)Cc2ccccc21. The molecule has 1 aliphatic heterocycles. The van der Waals surface area contributed by atoms with Crippen molar-refractivity contribution in [2.24, 2.45) is 5.92 Å². The predicted octanol–water partition coefficient (Wildman–Crippen LogP) is 1.79. The van der Waals surface area contributed by atoms with Crippen LogP contribution in [0.4, 0.5) is 5.69 Å². The zero-order valence-electron chi connectivity index (χ0n) is 10.6. The topological polar surface area (TPSA) is 49.8 Å². The van der Waals surface area contributed by atoms with Crippen LogP contribution in [0.3, 0.4) is 0 Å². The maximum Gasteiger partial charge on any atom is 0.308 e. The number of anilines is 1. The Hall–Kier alpha value is -1.55. The first-order valence-corrected chi connectivity index (χ1v) is 6.27. The number of fused-ring (bicyclic) bond motifs is 1. The van der Waals surface area contributed by atoms with Gasteiger partial charge in [-0.05, 0) is 24.5 Å². The first-order valence-electron chi connectivity index (χ1n) is 6.27. The summed E-state index contributed by atoms with van der Waals surface area (Å²) in [6, 6.07) is 8.06. The van der Waals surface area contributed by atoms with Gasteiger partial charge in [-0.25, -0.2) is 0 Å². The Morgan fingerprint density at radius 2 is 2.28 bits per heavy atom. The molecule has 1 unspecified atom stereocenters. The Morgan fingerprint density at radius 3 is 3.00 bits per heavy atom. The van der Waals surface area contributed by atoms with E-state index in [1.165, 1.54) is 5.69 Å². The van der Waals surface area contributed by atoms with E-state index in [0.29, 0.717) is 19.6 Å². The Morgan fingerprint density at radius 1 is 1.50 bits per heavy atom. The third kappa shape index (κ3) is 2.82.